The first-order chi connectivity index (χ1) is 3.79. The lowest BCUT2D eigenvalue weighted by Gasteiger charge is -2.16. The zero-order valence-electron chi connectivity index (χ0n) is 5.17. The minimum absolute atomic E-state index is 0.527. The molecule has 0 saturated carbocycles. The zero-order chi connectivity index (χ0) is 5.98. The van der Waals surface area contributed by atoms with Gasteiger partial charge in [0.1, 0.15) is 0 Å². The zero-order valence-corrected chi connectivity index (χ0v) is 6.07. The van der Waals surface area contributed by atoms with E-state index in [0.717, 1.165) is 5.92 Å². The molecule has 1 aliphatic carbocycles. The molecule has 0 radical (unpaired) electrons. The van der Waals surface area contributed by atoms with Crippen LogP contribution in [0.5, 0.6) is 0 Å². The maximum atomic E-state index is 4.33. The van der Waals surface area contributed by atoms with Gasteiger partial charge < -0.3 is 0 Å². The first kappa shape index (κ1) is 6.21. The van der Waals surface area contributed by atoms with E-state index >= 15 is 0 Å². The van der Waals surface area contributed by atoms with Crippen LogP contribution in [0, 0.1) is 5.92 Å². The summed E-state index contributed by atoms with van der Waals surface area (Å²) in [6.07, 6.45) is 6.91. The molecule has 0 aliphatic heterocycles. The molecule has 46 valence electrons. The van der Waals surface area contributed by atoms with Crippen molar-refractivity contribution in [3.05, 3.63) is 12.2 Å². The predicted octanol–water partition coefficient (Wildman–Crippen LogP) is 2.27. The lowest BCUT2D eigenvalue weighted by Crippen LogP contribution is -2.06. The molecular formula is C7H12S. The van der Waals surface area contributed by atoms with Crippen LogP contribution in [-0.2, 0) is 0 Å². The minimum Gasteiger partial charge on any atom is -0.172 e. The smallest absolute Gasteiger partial charge is 0.0199 e. The van der Waals surface area contributed by atoms with E-state index in [9.17, 15) is 0 Å². The van der Waals surface area contributed by atoms with Gasteiger partial charge in [0, 0.05) is 5.25 Å². The largest absolute Gasteiger partial charge is 0.172 e. The second-order valence-corrected chi connectivity index (χ2v) is 3.24. The Balaban J connectivity index is 2.42. The van der Waals surface area contributed by atoms with Gasteiger partial charge in [-0.25, -0.2) is 0 Å². The molecule has 0 nitrogen and oxygen atoms in total. The van der Waals surface area contributed by atoms with Crippen molar-refractivity contribution in [1.82, 2.24) is 0 Å². The lowest BCUT2D eigenvalue weighted by atomic mass is 9.96. The third-order valence-corrected chi connectivity index (χ3v) is 1.92. The fourth-order valence-electron chi connectivity index (χ4n) is 1.06. The Morgan fingerprint density at radius 1 is 1.62 bits per heavy atom. The van der Waals surface area contributed by atoms with Crippen molar-refractivity contribution < 1.29 is 0 Å². The average molecular weight is 128 g/mol. The Labute approximate surface area is 56.4 Å². The van der Waals surface area contributed by atoms with Crippen molar-refractivity contribution in [3.63, 3.8) is 0 Å². The molecule has 0 aromatic carbocycles. The van der Waals surface area contributed by atoms with Crippen molar-refractivity contribution in [2.45, 2.75) is 25.0 Å². The number of hydrogen-bond donors (Lipinski definition) is 1. The van der Waals surface area contributed by atoms with Crippen LogP contribution < -0.4 is 0 Å². The van der Waals surface area contributed by atoms with Crippen LogP contribution in [0.3, 0.4) is 0 Å². The predicted molar refractivity (Wildman–Crippen MR) is 40.3 cm³/mol. The normalized spacial score (nSPS) is 37.8. The highest BCUT2D eigenvalue weighted by Crippen LogP contribution is 2.20. The summed E-state index contributed by atoms with van der Waals surface area (Å²) in [6, 6.07) is 0. The van der Waals surface area contributed by atoms with E-state index in [-0.39, 0.29) is 0 Å². The Hall–Kier alpha value is 0.0900. The van der Waals surface area contributed by atoms with Crippen molar-refractivity contribution in [2.75, 3.05) is 0 Å². The summed E-state index contributed by atoms with van der Waals surface area (Å²) in [5.41, 5.74) is 0. The van der Waals surface area contributed by atoms with Crippen LogP contribution in [0.4, 0.5) is 0 Å². The molecule has 1 heteroatoms. The highest BCUT2D eigenvalue weighted by atomic mass is 32.1. The van der Waals surface area contributed by atoms with Crippen LogP contribution in [0.15, 0.2) is 12.2 Å². The Morgan fingerprint density at radius 2 is 2.38 bits per heavy atom. The third-order valence-electron chi connectivity index (χ3n) is 1.54. The van der Waals surface area contributed by atoms with Gasteiger partial charge in [-0.2, -0.15) is 12.6 Å². The molecule has 0 saturated heterocycles. The van der Waals surface area contributed by atoms with E-state index in [2.05, 4.69) is 31.7 Å². The monoisotopic (exact) mass is 128 g/mol. The summed E-state index contributed by atoms with van der Waals surface area (Å²) in [7, 11) is 0. The number of thiol groups is 1. The summed E-state index contributed by atoms with van der Waals surface area (Å²) in [5.74, 6) is 0.850. The van der Waals surface area contributed by atoms with Gasteiger partial charge >= 0.3 is 0 Å². The molecule has 0 amide bonds. The topological polar surface area (TPSA) is 0 Å². The fraction of sp³-hybridized carbons (Fsp3) is 0.714. The van der Waals surface area contributed by atoms with Crippen molar-refractivity contribution in [1.29, 1.82) is 0 Å². The molecule has 0 unspecified atom stereocenters. The Morgan fingerprint density at radius 3 is 2.75 bits per heavy atom. The van der Waals surface area contributed by atoms with Gasteiger partial charge in [-0.1, -0.05) is 19.1 Å². The van der Waals surface area contributed by atoms with E-state index in [4.69, 9.17) is 0 Å². The van der Waals surface area contributed by atoms with Gasteiger partial charge in [0.2, 0.25) is 0 Å². The first-order valence-corrected chi connectivity index (χ1v) is 3.65. The average Bonchev–Trinajstić information content (AvgIpc) is 1.64. The van der Waals surface area contributed by atoms with E-state index in [1.165, 1.54) is 12.8 Å². The molecule has 0 N–H and O–H groups in total. The van der Waals surface area contributed by atoms with E-state index < -0.39 is 0 Å². The van der Waals surface area contributed by atoms with Gasteiger partial charge in [0.05, 0.1) is 0 Å². The maximum Gasteiger partial charge on any atom is 0.0199 e. The van der Waals surface area contributed by atoms with E-state index in [0.29, 0.717) is 5.25 Å². The van der Waals surface area contributed by atoms with Gasteiger partial charge in [-0.3, -0.25) is 0 Å². The SMILES string of the molecule is C[C@H]1CC=C[C@H](S)C1. The molecule has 1 rings (SSSR count). The Bertz CT molecular complexity index is 96.6. The van der Waals surface area contributed by atoms with Gasteiger partial charge in [0.15, 0.2) is 0 Å². The number of hydrogen-bond acceptors (Lipinski definition) is 1. The second-order valence-electron chi connectivity index (χ2n) is 2.57. The molecule has 0 aromatic rings. The summed E-state index contributed by atoms with van der Waals surface area (Å²) < 4.78 is 0. The van der Waals surface area contributed by atoms with Crippen LogP contribution in [-0.4, -0.2) is 5.25 Å². The van der Waals surface area contributed by atoms with Crippen molar-refractivity contribution >= 4 is 12.6 Å². The van der Waals surface area contributed by atoms with Gasteiger partial charge in [-0.15, -0.1) is 0 Å². The van der Waals surface area contributed by atoms with E-state index in [1.807, 2.05) is 0 Å². The minimum atomic E-state index is 0.527. The molecule has 0 heterocycles. The highest BCUT2D eigenvalue weighted by Gasteiger charge is 2.08. The number of allylic oxidation sites excluding steroid dienone is 1. The number of rotatable bonds is 0. The molecule has 0 bridgehead atoms. The maximum absolute atomic E-state index is 4.33. The summed E-state index contributed by atoms with van der Waals surface area (Å²) in [4.78, 5) is 0. The molecule has 8 heavy (non-hydrogen) atoms. The van der Waals surface area contributed by atoms with Crippen molar-refractivity contribution in [2.24, 2.45) is 5.92 Å². The van der Waals surface area contributed by atoms with Gasteiger partial charge in [0.25, 0.3) is 0 Å². The third kappa shape index (κ3) is 1.55. The van der Waals surface area contributed by atoms with Crippen LogP contribution in [0.2, 0.25) is 0 Å². The van der Waals surface area contributed by atoms with Crippen LogP contribution in [0.1, 0.15) is 19.8 Å². The molecule has 0 aromatic heterocycles. The van der Waals surface area contributed by atoms with Gasteiger partial charge in [-0.05, 0) is 18.8 Å². The molecule has 0 fully saturated rings. The lowest BCUT2D eigenvalue weighted by molar-refractivity contribution is 0.535. The van der Waals surface area contributed by atoms with Crippen LogP contribution >= 0.6 is 12.6 Å². The second kappa shape index (κ2) is 2.58. The molecule has 0 spiro atoms. The molecule has 1 aliphatic rings. The summed E-state index contributed by atoms with van der Waals surface area (Å²) in [5, 5.41) is 0.527. The summed E-state index contributed by atoms with van der Waals surface area (Å²) in [6.45, 7) is 2.27. The highest BCUT2D eigenvalue weighted by molar-refractivity contribution is 7.81. The molecule has 2 atom stereocenters. The quantitative estimate of drug-likeness (QED) is 0.375. The summed E-state index contributed by atoms with van der Waals surface area (Å²) >= 11 is 4.33. The Kier molecular flexibility index (Phi) is 2.01. The van der Waals surface area contributed by atoms with E-state index in [1.54, 1.807) is 0 Å². The standard InChI is InChI=1S/C7H12S/c1-6-3-2-4-7(8)5-6/h2,4,6-8H,3,5H2,1H3/t6-,7-/m0/s1. The molecular weight excluding hydrogens is 116 g/mol. The van der Waals surface area contributed by atoms with Crippen molar-refractivity contribution in [3.8, 4) is 0 Å². The first-order valence-electron chi connectivity index (χ1n) is 3.14. The van der Waals surface area contributed by atoms with Crippen LogP contribution in [0.25, 0.3) is 0 Å². The fourth-order valence-corrected chi connectivity index (χ4v) is 1.54.